The first-order valence-corrected chi connectivity index (χ1v) is 13.8. The predicted molar refractivity (Wildman–Crippen MR) is 139 cm³/mol. The number of benzene rings is 1. The number of hydrogen-bond donors (Lipinski definition) is 4. The van der Waals surface area contributed by atoms with Crippen LogP contribution < -0.4 is 20.7 Å². The number of nitrogens with two attached hydrogens (primary N) is 1. The van der Waals surface area contributed by atoms with Gasteiger partial charge in [-0.3, -0.25) is 13.9 Å². The summed E-state index contributed by atoms with van der Waals surface area (Å²) in [7, 11) is -2.80. The van der Waals surface area contributed by atoms with Crippen LogP contribution in [-0.2, 0) is 23.4 Å². The van der Waals surface area contributed by atoms with Crippen molar-refractivity contribution in [1.29, 1.82) is 0 Å². The van der Waals surface area contributed by atoms with Crippen molar-refractivity contribution in [1.82, 2.24) is 24.6 Å². The van der Waals surface area contributed by atoms with Gasteiger partial charge in [0.15, 0.2) is 23.2 Å². The Morgan fingerprint density at radius 3 is 2.73 bits per heavy atom. The number of carbonyl (C=O) groups excluding carboxylic acids is 1. The zero-order chi connectivity index (χ0) is 29.1. The number of para-hydroxylation sites is 1. The summed E-state index contributed by atoms with van der Waals surface area (Å²) in [5.41, 5.74) is 3.00. The molecule has 0 amide bonds. The zero-order valence-electron chi connectivity index (χ0n) is 21.9. The molecule has 4 rings (SSSR count). The molecule has 14 nitrogen and oxygen atoms in total. The van der Waals surface area contributed by atoms with E-state index in [1.807, 2.05) is 0 Å². The number of anilines is 2. The molecule has 0 unspecified atom stereocenters. The summed E-state index contributed by atoms with van der Waals surface area (Å²) in [5, 5.41) is 16.0. The van der Waals surface area contributed by atoms with Gasteiger partial charge in [-0.15, -0.1) is 0 Å². The molecule has 40 heavy (non-hydrogen) atoms. The number of hydrogen-bond acceptors (Lipinski definition) is 12. The first-order valence-electron chi connectivity index (χ1n) is 12.2. The molecule has 6 atom stereocenters. The van der Waals surface area contributed by atoms with E-state index in [-0.39, 0.29) is 35.3 Å². The van der Waals surface area contributed by atoms with E-state index >= 15 is 4.39 Å². The molecule has 0 saturated carbocycles. The Hall–Kier alpha value is -3.43. The molecule has 0 bridgehead atoms. The van der Waals surface area contributed by atoms with Crippen LogP contribution in [0.1, 0.15) is 20.1 Å². The van der Waals surface area contributed by atoms with Gasteiger partial charge in [0.05, 0.1) is 19.5 Å². The molecule has 0 radical (unpaired) electrons. The van der Waals surface area contributed by atoms with Crippen molar-refractivity contribution < 1.29 is 41.8 Å². The van der Waals surface area contributed by atoms with Crippen molar-refractivity contribution in [2.75, 3.05) is 38.0 Å². The normalized spacial score (nSPS) is 24.9. The van der Waals surface area contributed by atoms with Crippen LogP contribution in [0.5, 0.6) is 5.75 Å². The Labute approximate surface area is 227 Å². The van der Waals surface area contributed by atoms with Gasteiger partial charge in [0.2, 0.25) is 11.6 Å². The number of imidazole rings is 1. The van der Waals surface area contributed by atoms with Gasteiger partial charge < -0.3 is 30.2 Å². The van der Waals surface area contributed by atoms with E-state index in [1.54, 1.807) is 32.2 Å². The minimum Gasteiger partial charge on any atom is -0.465 e. The summed E-state index contributed by atoms with van der Waals surface area (Å²) in [6.45, 7) is 0.697. The highest BCUT2D eigenvalue weighted by Gasteiger charge is 2.59. The molecular weight excluding hydrogens is 555 g/mol. The standard InChI is InChI=1S/C23H30F2N7O7P/c1-4-36-20(34)13(2)31-40(35,39-14-8-6-5-7-9-14)37-10-15-17(33)23(25,11-24)21(38-15)32-12-28-16-18(27-3)29-22(26)30-19(16)32/h5-9,12-13,15,17,21,33H,4,10-11H2,1-3H3,(H,31,35)(H3,26,27,29,30)/t13-,15-,17-,21-,23-,40-/m1/s1. The number of nitrogen functional groups attached to an aromatic ring is 1. The van der Waals surface area contributed by atoms with Crippen molar-refractivity contribution in [2.24, 2.45) is 0 Å². The monoisotopic (exact) mass is 585 g/mol. The maximum Gasteiger partial charge on any atom is 0.459 e. The van der Waals surface area contributed by atoms with Gasteiger partial charge in [-0.05, 0) is 26.0 Å². The zero-order valence-corrected chi connectivity index (χ0v) is 22.8. The van der Waals surface area contributed by atoms with E-state index < -0.39 is 57.1 Å². The summed E-state index contributed by atoms with van der Waals surface area (Å²) < 4.78 is 66.5. The number of nitrogens with one attached hydrogen (secondary N) is 2. The molecule has 0 spiro atoms. The molecule has 2 aromatic heterocycles. The second-order valence-electron chi connectivity index (χ2n) is 8.84. The number of esters is 1. The Morgan fingerprint density at radius 2 is 2.08 bits per heavy atom. The largest absolute Gasteiger partial charge is 0.465 e. The van der Waals surface area contributed by atoms with Crippen molar-refractivity contribution >= 4 is 36.6 Å². The fourth-order valence-corrected chi connectivity index (χ4v) is 5.60. The van der Waals surface area contributed by atoms with Crippen LogP contribution in [0.25, 0.3) is 11.2 Å². The number of halogens is 2. The highest BCUT2D eigenvalue weighted by atomic mass is 31.2. The topological polar surface area (TPSA) is 185 Å². The summed E-state index contributed by atoms with van der Waals surface area (Å²) in [4.78, 5) is 24.4. The van der Waals surface area contributed by atoms with E-state index in [2.05, 4.69) is 25.4 Å². The third-order valence-corrected chi connectivity index (χ3v) is 7.70. The number of carbonyl (C=O) groups is 1. The second kappa shape index (κ2) is 12.0. The van der Waals surface area contributed by atoms with Crippen LogP contribution in [0, 0.1) is 0 Å². The summed E-state index contributed by atoms with van der Waals surface area (Å²) in [6.07, 6.45) is -4.21. The van der Waals surface area contributed by atoms with E-state index in [0.717, 1.165) is 10.9 Å². The molecule has 0 aliphatic carbocycles. The highest BCUT2D eigenvalue weighted by Crippen LogP contribution is 2.48. The molecule has 3 aromatic rings. The lowest BCUT2D eigenvalue weighted by Gasteiger charge is -2.26. The van der Waals surface area contributed by atoms with Gasteiger partial charge in [-0.1, -0.05) is 18.2 Å². The third-order valence-electron chi connectivity index (χ3n) is 6.06. The van der Waals surface area contributed by atoms with Gasteiger partial charge in [0.1, 0.15) is 30.7 Å². The molecule has 3 heterocycles. The van der Waals surface area contributed by atoms with Gasteiger partial charge in [-0.2, -0.15) is 15.1 Å². The Bertz CT molecular complexity index is 1380. The van der Waals surface area contributed by atoms with Crippen LogP contribution in [0.15, 0.2) is 36.7 Å². The lowest BCUT2D eigenvalue weighted by molar-refractivity contribution is -0.144. The van der Waals surface area contributed by atoms with Crippen LogP contribution >= 0.6 is 7.75 Å². The maximum atomic E-state index is 16.0. The molecule has 1 saturated heterocycles. The van der Waals surface area contributed by atoms with Crippen molar-refractivity contribution in [3.8, 4) is 5.75 Å². The molecule has 5 N–H and O–H groups in total. The number of alkyl halides is 2. The average molecular weight is 586 g/mol. The van der Waals surface area contributed by atoms with Crippen molar-refractivity contribution in [2.45, 2.75) is 44.0 Å². The third kappa shape index (κ3) is 5.86. The predicted octanol–water partition coefficient (Wildman–Crippen LogP) is 2.13. The first-order chi connectivity index (χ1) is 19.0. The Kier molecular flexibility index (Phi) is 8.85. The van der Waals surface area contributed by atoms with Crippen molar-refractivity contribution in [3.05, 3.63) is 36.7 Å². The van der Waals surface area contributed by atoms with Gasteiger partial charge in [0, 0.05) is 7.05 Å². The van der Waals surface area contributed by atoms with Crippen LogP contribution in [0.4, 0.5) is 20.5 Å². The van der Waals surface area contributed by atoms with Gasteiger partial charge in [-0.25, -0.2) is 18.3 Å². The molecule has 17 heteroatoms. The molecule has 1 aliphatic rings. The van der Waals surface area contributed by atoms with E-state index in [4.69, 9.17) is 24.3 Å². The average Bonchev–Trinajstić information content (AvgIpc) is 3.46. The molecule has 1 aromatic carbocycles. The van der Waals surface area contributed by atoms with Crippen LogP contribution in [0.2, 0.25) is 0 Å². The number of aliphatic hydroxyl groups is 1. The number of ether oxygens (including phenoxy) is 2. The quantitative estimate of drug-likeness (QED) is 0.179. The lowest BCUT2D eigenvalue weighted by Crippen LogP contribution is -2.45. The molecular formula is C23H30F2N7O7P. The summed E-state index contributed by atoms with van der Waals surface area (Å²) in [6, 6.07) is 6.80. The summed E-state index contributed by atoms with van der Waals surface area (Å²) >= 11 is 0. The fraction of sp³-hybridized carbons (Fsp3) is 0.478. The number of rotatable bonds is 12. The van der Waals surface area contributed by atoms with Crippen LogP contribution in [0.3, 0.4) is 0 Å². The number of nitrogens with zero attached hydrogens (tertiary/aromatic N) is 4. The van der Waals surface area contributed by atoms with Gasteiger partial charge >= 0.3 is 13.7 Å². The number of fused-ring (bicyclic) bond motifs is 1. The smallest absolute Gasteiger partial charge is 0.459 e. The molecule has 1 fully saturated rings. The van der Waals surface area contributed by atoms with E-state index in [0.29, 0.717) is 0 Å². The number of aliphatic hydroxyl groups excluding tert-OH is 1. The van der Waals surface area contributed by atoms with E-state index in [9.17, 15) is 18.9 Å². The molecule has 1 aliphatic heterocycles. The fourth-order valence-electron chi connectivity index (χ4n) is 4.10. The second-order valence-corrected chi connectivity index (χ2v) is 10.5. The minimum atomic E-state index is -4.36. The number of aromatic nitrogens is 4. The maximum absolute atomic E-state index is 16.0. The van der Waals surface area contributed by atoms with Gasteiger partial charge in [0.25, 0.3) is 0 Å². The van der Waals surface area contributed by atoms with Crippen LogP contribution in [-0.4, -0.2) is 81.4 Å². The lowest BCUT2D eigenvalue weighted by atomic mass is 9.97. The first kappa shape index (κ1) is 29.6. The minimum absolute atomic E-state index is 0.0223. The summed E-state index contributed by atoms with van der Waals surface area (Å²) in [5.74, 6) is -0.520. The highest BCUT2D eigenvalue weighted by molar-refractivity contribution is 7.52. The SMILES string of the molecule is CCOC(=O)[C@@H](C)N[P@@](=O)(OC[C@H]1O[C@@H](n2cnc3c(NC)nc(N)nc32)[C@@](F)(CF)[C@@H]1O)Oc1ccccc1. The molecule has 218 valence electrons. The van der Waals surface area contributed by atoms with Crippen molar-refractivity contribution in [3.63, 3.8) is 0 Å². The Balaban J connectivity index is 1.59. The van der Waals surface area contributed by atoms with E-state index in [1.165, 1.54) is 19.1 Å². The Morgan fingerprint density at radius 1 is 1.35 bits per heavy atom.